The minimum absolute atomic E-state index is 0.236. The second-order valence-corrected chi connectivity index (χ2v) is 6.90. The molecule has 1 atom stereocenters. The van der Waals surface area contributed by atoms with Crippen molar-refractivity contribution in [2.24, 2.45) is 11.7 Å². The monoisotopic (exact) mass is 365 g/mol. The van der Waals surface area contributed by atoms with Crippen LogP contribution in [-0.2, 0) is 11.3 Å². The number of nitrogens with two attached hydrogens (primary N) is 1. The number of aromatic nitrogens is 3. The summed E-state index contributed by atoms with van der Waals surface area (Å²) < 4.78 is 5.41. The summed E-state index contributed by atoms with van der Waals surface area (Å²) in [6.45, 7) is 1.57. The van der Waals surface area contributed by atoms with Crippen molar-refractivity contribution < 1.29 is 9.53 Å². The van der Waals surface area contributed by atoms with Crippen molar-refractivity contribution in [2.75, 3.05) is 13.1 Å². The normalized spacial score (nSPS) is 16.4. The maximum absolute atomic E-state index is 12.3. The van der Waals surface area contributed by atoms with E-state index < -0.39 is 0 Å². The Morgan fingerprint density at radius 1 is 1.26 bits per heavy atom. The fourth-order valence-corrected chi connectivity index (χ4v) is 3.48. The number of benzene rings is 1. The van der Waals surface area contributed by atoms with E-state index in [1.807, 2.05) is 42.6 Å². The molecule has 1 amide bonds. The van der Waals surface area contributed by atoms with Crippen LogP contribution in [-0.4, -0.2) is 39.0 Å². The number of carbonyl (C=O) groups excluding carboxylic acids is 1. The van der Waals surface area contributed by atoms with E-state index in [0.717, 1.165) is 29.4 Å². The number of H-pyrrole nitrogens is 1. The second-order valence-electron chi connectivity index (χ2n) is 6.90. The standard InChI is InChI=1S/C20H23N5O2/c21-17(19-23-12-16-6-9-22-18(16)24-19)15-7-10-25(11-8-15)20(26)27-13-14-4-2-1-3-5-14/h1-6,9,12,15,17H,7-8,10-11,13,21H2,(H,22,23,24). The molecule has 1 unspecified atom stereocenters. The van der Waals surface area contributed by atoms with Gasteiger partial charge in [0.25, 0.3) is 0 Å². The highest BCUT2D eigenvalue weighted by atomic mass is 16.6. The molecule has 27 heavy (non-hydrogen) atoms. The Morgan fingerprint density at radius 3 is 2.81 bits per heavy atom. The first kappa shape index (κ1) is 17.5. The van der Waals surface area contributed by atoms with Gasteiger partial charge in [0.1, 0.15) is 18.1 Å². The number of piperidine rings is 1. The maximum Gasteiger partial charge on any atom is 0.410 e. The van der Waals surface area contributed by atoms with Gasteiger partial charge in [-0.3, -0.25) is 0 Å². The third-order valence-corrected chi connectivity index (χ3v) is 5.13. The van der Waals surface area contributed by atoms with Gasteiger partial charge in [-0.1, -0.05) is 30.3 Å². The summed E-state index contributed by atoms with van der Waals surface area (Å²) in [4.78, 5) is 26.1. The highest BCUT2D eigenvalue weighted by molar-refractivity contribution is 5.73. The first-order valence-electron chi connectivity index (χ1n) is 9.22. The smallest absolute Gasteiger partial charge is 0.410 e. The molecule has 3 heterocycles. The number of hydrogen-bond acceptors (Lipinski definition) is 5. The van der Waals surface area contributed by atoms with Gasteiger partial charge in [-0.15, -0.1) is 0 Å². The number of rotatable bonds is 4. The van der Waals surface area contributed by atoms with Gasteiger partial charge in [0.05, 0.1) is 6.04 Å². The predicted octanol–water partition coefficient (Wildman–Crippen LogP) is 3.01. The lowest BCUT2D eigenvalue weighted by Gasteiger charge is -2.33. The van der Waals surface area contributed by atoms with E-state index in [1.54, 1.807) is 11.1 Å². The van der Waals surface area contributed by atoms with Crippen LogP contribution >= 0.6 is 0 Å². The minimum atomic E-state index is -0.269. The number of likely N-dealkylation sites (tertiary alicyclic amines) is 1. The number of nitrogens with one attached hydrogen (secondary N) is 1. The van der Waals surface area contributed by atoms with Crippen LogP contribution in [0, 0.1) is 5.92 Å². The van der Waals surface area contributed by atoms with Gasteiger partial charge in [0, 0.05) is 30.9 Å². The fraction of sp³-hybridized carbons (Fsp3) is 0.350. The zero-order chi connectivity index (χ0) is 18.6. The zero-order valence-corrected chi connectivity index (χ0v) is 15.0. The van der Waals surface area contributed by atoms with Crippen LogP contribution in [0.1, 0.15) is 30.3 Å². The Balaban J connectivity index is 1.30. The summed E-state index contributed by atoms with van der Waals surface area (Å²) in [5, 5.41) is 0.974. The van der Waals surface area contributed by atoms with Gasteiger partial charge in [-0.2, -0.15) is 0 Å². The van der Waals surface area contributed by atoms with Crippen molar-refractivity contribution in [1.29, 1.82) is 0 Å². The third-order valence-electron chi connectivity index (χ3n) is 5.13. The van der Waals surface area contributed by atoms with E-state index in [1.165, 1.54) is 0 Å². The van der Waals surface area contributed by atoms with Crippen LogP contribution in [0.2, 0.25) is 0 Å². The van der Waals surface area contributed by atoms with Gasteiger partial charge < -0.3 is 20.4 Å². The fourth-order valence-electron chi connectivity index (χ4n) is 3.48. The quantitative estimate of drug-likeness (QED) is 0.741. The molecule has 1 fully saturated rings. The maximum atomic E-state index is 12.3. The average Bonchev–Trinajstić information content (AvgIpc) is 3.20. The van der Waals surface area contributed by atoms with Crippen LogP contribution in [0.4, 0.5) is 4.79 Å². The number of aromatic amines is 1. The first-order valence-corrected chi connectivity index (χ1v) is 9.22. The highest BCUT2D eigenvalue weighted by Gasteiger charge is 2.29. The van der Waals surface area contributed by atoms with Crippen LogP contribution in [0.3, 0.4) is 0 Å². The van der Waals surface area contributed by atoms with Crippen molar-refractivity contribution >= 4 is 17.1 Å². The van der Waals surface area contributed by atoms with Crippen molar-refractivity contribution in [2.45, 2.75) is 25.5 Å². The summed E-state index contributed by atoms with van der Waals surface area (Å²) in [6.07, 6.45) is 5.00. The molecule has 0 radical (unpaired) electrons. The minimum Gasteiger partial charge on any atom is -0.445 e. The Hall–Kier alpha value is -2.93. The van der Waals surface area contributed by atoms with Gasteiger partial charge >= 0.3 is 6.09 Å². The molecule has 1 aromatic carbocycles. The van der Waals surface area contributed by atoms with Gasteiger partial charge in [0.15, 0.2) is 0 Å². The Labute approximate surface area is 157 Å². The van der Waals surface area contributed by atoms with E-state index in [0.29, 0.717) is 25.5 Å². The van der Waals surface area contributed by atoms with E-state index >= 15 is 0 Å². The number of ether oxygens (including phenoxy) is 1. The number of hydrogen-bond donors (Lipinski definition) is 2. The molecule has 3 aromatic rings. The van der Waals surface area contributed by atoms with E-state index in [9.17, 15) is 4.79 Å². The molecule has 0 aliphatic carbocycles. The number of nitrogens with zero attached hydrogens (tertiary/aromatic N) is 3. The summed E-state index contributed by atoms with van der Waals surface area (Å²) in [5.41, 5.74) is 8.20. The van der Waals surface area contributed by atoms with Gasteiger partial charge in [0.2, 0.25) is 0 Å². The molecule has 2 aromatic heterocycles. The topological polar surface area (TPSA) is 97.1 Å². The predicted molar refractivity (Wildman–Crippen MR) is 102 cm³/mol. The Kier molecular flexibility index (Phi) is 5.02. The molecule has 7 heteroatoms. The van der Waals surface area contributed by atoms with Crippen molar-refractivity contribution in [3.05, 3.63) is 60.2 Å². The molecule has 140 valence electrons. The molecule has 4 rings (SSSR count). The average molecular weight is 365 g/mol. The molecule has 3 N–H and O–H groups in total. The van der Waals surface area contributed by atoms with Crippen molar-refractivity contribution in [1.82, 2.24) is 19.9 Å². The lowest BCUT2D eigenvalue weighted by Crippen LogP contribution is -2.41. The van der Waals surface area contributed by atoms with Crippen LogP contribution in [0.25, 0.3) is 11.0 Å². The molecule has 7 nitrogen and oxygen atoms in total. The third kappa shape index (κ3) is 3.93. The second kappa shape index (κ2) is 7.75. The van der Waals surface area contributed by atoms with Crippen LogP contribution < -0.4 is 5.73 Å². The molecular weight excluding hydrogens is 342 g/mol. The summed E-state index contributed by atoms with van der Waals surface area (Å²) in [5.74, 6) is 0.894. The molecule has 0 saturated carbocycles. The zero-order valence-electron chi connectivity index (χ0n) is 15.0. The number of carbonyl (C=O) groups is 1. The van der Waals surface area contributed by atoms with Crippen molar-refractivity contribution in [3.8, 4) is 0 Å². The van der Waals surface area contributed by atoms with Crippen LogP contribution in [0.5, 0.6) is 0 Å². The highest BCUT2D eigenvalue weighted by Crippen LogP contribution is 2.28. The van der Waals surface area contributed by atoms with Gasteiger partial charge in [-0.25, -0.2) is 14.8 Å². The molecule has 1 aliphatic heterocycles. The summed E-state index contributed by atoms with van der Waals surface area (Å²) in [6, 6.07) is 11.4. The molecule has 0 spiro atoms. The van der Waals surface area contributed by atoms with E-state index in [4.69, 9.17) is 10.5 Å². The number of fused-ring (bicyclic) bond motifs is 1. The van der Waals surface area contributed by atoms with E-state index in [-0.39, 0.29) is 18.1 Å². The lowest BCUT2D eigenvalue weighted by molar-refractivity contribution is 0.0795. The Bertz CT molecular complexity index is 903. The lowest BCUT2D eigenvalue weighted by atomic mass is 9.89. The SMILES string of the molecule is NC(c1ncc2cc[nH]c2n1)C1CCN(C(=O)OCc2ccccc2)CC1. The van der Waals surface area contributed by atoms with Crippen molar-refractivity contribution in [3.63, 3.8) is 0 Å². The van der Waals surface area contributed by atoms with E-state index in [2.05, 4.69) is 15.0 Å². The van der Waals surface area contributed by atoms with Crippen LogP contribution in [0.15, 0.2) is 48.8 Å². The molecule has 0 bridgehead atoms. The Morgan fingerprint density at radius 2 is 2.04 bits per heavy atom. The first-order chi connectivity index (χ1) is 13.2. The molecule has 1 aliphatic rings. The van der Waals surface area contributed by atoms with Gasteiger partial charge in [-0.05, 0) is 30.4 Å². The number of amides is 1. The molecule has 1 saturated heterocycles. The molecular formula is C20H23N5O2. The summed E-state index contributed by atoms with van der Waals surface area (Å²) >= 11 is 0. The summed E-state index contributed by atoms with van der Waals surface area (Å²) in [7, 11) is 0. The largest absolute Gasteiger partial charge is 0.445 e.